The Bertz CT molecular complexity index is 1170. The van der Waals surface area contributed by atoms with Crippen LogP contribution in [0.1, 0.15) is 27.2 Å². The first-order chi connectivity index (χ1) is 15.9. The molecular formula is C24H28N4O3S2. The molecule has 7 nitrogen and oxygen atoms in total. The smallest absolute Gasteiger partial charge is 0.243 e. The number of sulfonamides is 1. The van der Waals surface area contributed by atoms with E-state index in [9.17, 15) is 13.2 Å². The fraction of sp³-hybridized carbons (Fsp3) is 0.292. The number of thioether (sulfide) groups is 1. The summed E-state index contributed by atoms with van der Waals surface area (Å²) in [6, 6.07) is 18.0. The Hall–Kier alpha value is -2.75. The molecule has 0 radical (unpaired) electrons. The molecule has 33 heavy (non-hydrogen) atoms. The summed E-state index contributed by atoms with van der Waals surface area (Å²) in [4.78, 5) is 21.7. The number of amides is 1. The first kappa shape index (κ1) is 24.9. The van der Waals surface area contributed by atoms with Crippen molar-refractivity contribution in [2.24, 2.45) is 0 Å². The molecule has 1 amide bonds. The molecular weight excluding hydrogens is 456 g/mol. The SMILES string of the molecule is CCC(Sc1cc(-c2ccccc2)ncn1)C(=O)Nc1ccc(S(=O)(=O)N(CC)CC)cc1. The van der Waals surface area contributed by atoms with Crippen molar-refractivity contribution in [1.82, 2.24) is 14.3 Å². The zero-order valence-electron chi connectivity index (χ0n) is 18.9. The highest BCUT2D eigenvalue weighted by molar-refractivity contribution is 8.00. The quantitative estimate of drug-likeness (QED) is 0.332. The molecule has 9 heteroatoms. The van der Waals surface area contributed by atoms with Gasteiger partial charge in [-0.15, -0.1) is 0 Å². The highest BCUT2D eigenvalue weighted by atomic mass is 32.2. The number of nitrogens with zero attached hydrogens (tertiary/aromatic N) is 3. The Morgan fingerprint density at radius 3 is 2.27 bits per heavy atom. The molecule has 1 atom stereocenters. The van der Waals surface area contributed by atoms with Crippen LogP contribution in [0.4, 0.5) is 5.69 Å². The van der Waals surface area contributed by atoms with Gasteiger partial charge in [-0.05, 0) is 36.8 Å². The van der Waals surface area contributed by atoms with Gasteiger partial charge in [0.25, 0.3) is 0 Å². The lowest BCUT2D eigenvalue weighted by Gasteiger charge is -2.19. The van der Waals surface area contributed by atoms with Crippen molar-refractivity contribution >= 4 is 33.4 Å². The van der Waals surface area contributed by atoms with E-state index in [2.05, 4.69) is 15.3 Å². The topological polar surface area (TPSA) is 92.3 Å². The first-order valence-electron chi connectivity index (χ1n) is 10.8. The average molecular weight is 485 g/mol. The Kier molecular flexibility index (Phi) is 8.60. The molecule has 0 saturated carbocycles. The van der Waals surface area contributed by atoms with Crippen LogP contribution in [0.3, 0.4) is 0 Å². The minimum Gasteiger partial charge on any atom is -0.325 e. The summed E-state index contributed by atoms with van der Waals surface area (Å²) in [6.45, 7) is 6.36. The van der Waals surface area contributed by atoms with Gasteiger partial charge in [0.2, 0.25) is 15.9 Å². The van der Waals surface area contributed by atoms with E-state index in [1.54, 1.807) is 26.0 Å². The lowest BCUT2D eigenvalue weighted by atomic mass is 10.1. The zero-order valence-corrected chi connectivity index (χ0v) is 20.6. The third-order valence-electron chi connectivity index (χ3n) is 5.10. The van der Waals surface area contributed by atoms with Crippen LogP contribution in [0.25, 0.3) is 11.3 Å². The second-order valence-electron chi connectivity index (χ2n) is 7.23. The largest absolute Gasteiger partial charge is 0.325 e. The number of nitrogens with one attached hydrogen (secondary N) is 1. The van der Waals surface area contributed by atoms with Crippen LogP contribution in [-0.4, -0.2) is 46.9 Å². The zero-order chi connectivity index (χ0) is 23.8. The predicted molar refractivity (Wildman–Crippen MR) is 133 cm³/mol. The summed E-state index contributed by atoms with van der Waals surface area (Å²) in [5, 5.41) is 3.24. The molecule has 2 aromatic carbocycles. The normalized spacial score (nSPS) is 12.5. The average Bonchev–Trinajstić information content (AvgIpc) is 2.84. The van der Waals surface area contributed by atoms with Gasteiger partial charge in [-0.1, -0.05) is 62.9 Å². The van der Waals surface area contributed by atoms with Crippen molar-refractivity contribution in [3.8, 4) is 11.3 Å². The van der Waals surface area contributed by atoms with Gasteiger partial charge < -0.3 is 5.32 Å². The second kappa shape index (κ2) is 11.4. The molecule has 0 fully saturated rings. The fourth-order valence-corrected chi connectivity index (χ4v) is 5.65. The van der Waals surface area contributed by atoms with Crippen molar-refractivity contribution in [2.45, 2.75) is 42.4 Å². The maximum absolute atomic E-state index is 12.9. The molecule has 174 valence electrons. The van der Waals surface area contributed by atoms with Gasteiger partial charge in [0.05, 0.1) is 15.8 Å². The monoisotopic (exact) mass is 484 g/mol. The highest BCUT2D eigenvalue weighted by Gasteiger charge is 2.22. The van der Waals surface area contributed by atoms with Gasteiger partial charge >= 0.3 is 0 Å². The van der Waals surface area contributed by atoms with E-state index in [4.69, 9.17) is 0 Å². The summed E-state index contributed by atoms with van der Waals surface area (Å²) >= 11 is 1.38. The minimum atomic E-state index is -3.53. The number of benzene rings is 2. The number of carbonyl (C=O) groups excluding carboxylic acids is 1. The van der Waals surface area contributed by atoms with Crippen LogP contribution in [0, 0.1) is 0 Å². The third kappa shape index (κ3) is 6.19. The second-order valence-corrected chi connectivity index (χ2v) is 10.4. The molecule has 3 aromatic rings. The predicted octanol–water partition coefficient (Wildman–Crippen LogP) is 4.68. The van der Waals surface area contributed by atoms with E-state index in [1.807, 2.05) is 43.3 Å². The lowest BCUT2D eigenvalue weighted by molar-refractivity contribution is -0.115. The van der Waals surface area contributed by atoms with Crippen molar-refractivity contribution in [3.05, 3.63) is 67.0 Å². The van der Waals surface area contributed by atoms with Crippen molar-refractivity contribution in [2.75, 3.05) is 18.4 Å². The number of anilines is 1. The van der Waals surface area contributed by atoms with Gasteiger partial charge in [-0.2, -0.15) is 4.31 Å². The molecule has 3 rings (SSSR count). The number of hydrogen-bond acceptors (Lipinski definition) is 6. The van der Waals surface area contributed by atoms with E-state index in [0.717, 1.165) is 11.3 Å². The van der Waals surface area contributed by atoms with Gasteiger partial charge in [0.15, 0.2) is 0 Å². The van der Waals surface area contributed by atoms with E-state index in [0.29, 0.717) is 30.2 Å². The number of rotatable bonds is 10. The molecule has 0 saturated heterocycles. The standard InChI is InChI=1S/C24H28N4O3S2/c1-4-22(32-23-16-21(25-17-26-23)18-10-8-7-9-11-18)24(29)27-19-12-14-20(15-13-19)33(30,31)28(5-2)6-3/h7-17,22H,4-6H2,1-3H3,(H,27,29). The Labute approximate surface area is 199 Å². The number of hydrogen-bond donors (Lipinski definition) is 1. The van der Waals surface area contributed by atoms with E-state index >= 15 is 0 Å². The van der Waals surface area contributed by atoms with Crippen LogP contribution in [0.2, 0.25) is 0 Å². The van der Waals surface area contributed by atoms with Crippen molar-refractivity contribution < 1.29 is 13.2 Å². The van der Waals surface area contributed by atoms with Gasteiger partial charge in [-0.25, -0.2) is 18.4 Å². The fourth-order valence-electron chi connectivity index (χ4n) is 3.28. The molecule has 0 aliphatic carbocycles. The summed E-state index contributed by atoms with van der Waals surface area (Å²) < 4.78 is 26.7. The van der Waals surface area contributed by atoms with Gasteiger partial charge in [0, 0.05) is 24.3 Å². The third-order valence-corrected chi connectivity index (χ3v) is 8.46. The summed E-state index contributed by atoms with van der Waals surface area (Å²) in [6.07, 6.45) is 2.11. The van der Waals surface area contributed by atoms with Crippen LogP contribution in [0.5, 0.6) is 0 Å². The van der Waals surface area contributed by atoms with Gasteiger partial charge in [-0.3, -0.25) is 4.79 Å². The van der Waals surface area contributed by atoms with E-state index < -0.39 is 10.0 Å². The Morgan fingerprint density at radius 1 is 1.00 bits per heavy atom. The molecule has 1 unspecified atom stereocenters. The molecule has 1 heterocycles. The molecule has 0 aliphatic rings. The van der Waals surface area contributed by atoms with Crippen LogP contribution >= 0.6 is 11.8 Å². The molecule has 1 N–H and O–H groups in total. The van der Waals surface area contributed by atoms with E-state index in [-0.39, 0.29) is 16.1 Å². The van der Waals surface area contributed by atoms with Crippen LogP contribution in [0.15, 0.2) is 76.9 Å². The highest BCUT2D eigenvalue weighted by Crippen LogP contribution is 2.28. The number of carbonyl (C=O) groups is 1. The maximum Gasteiger partial charge on any atom is 0.243 e. The molecule has 0 bridgehead atoms. The maximum atomic E-state index is 12.9. The lowest BCUT2D eigenvalue weighted by Crippen LogP contribution is -2.30. The van der Waals surface area contributed by atoms with Gasteiger partial charge in [0.1, 0.15) is 11.4 Å². The molecule has 0 spiro atoms. The summed E-state index contributed by atoms with van der Waals surface area (Å²) in [5.41, 5.74) is 2.33. The minimum absolute atomic E-state index is 0.165. The first-order valence-corrected chi connectivity index (χ1v) is 13.2. The van der Waals surface area contributed by atoms with E-state index in [1.165, 1.54) is 34.5 Å². The van der Waals surface area contributed by atoms with Crippen LogP contribution in [-0.2, 0) is 14.8 Å². The molecule has 1 aromatic heterocycles. The van der Waals surface area contributed by atoms with Crippen molar-refractivity contribution in [1.29, 1.82) is 0 Å². The number of aromatic nitrogens is 2. The van der Waals surface area contributed by atoms with Crippen LogP contribution < -0.4 is 5.32 Å². The summed E-state index contributed by atoms with van der Waals surface area (Å²) in [5.74, 6) is -0.165. The Balaban J connectivity index is 1.69. The Morgan fingerprint density at radius 2 is 1.67 bits per heavy atom. The summed E-state index contributed by atoms with van der Waals surface area (Å²) in [7, 11) is -3.53. The molecule has 0 aliphatic heterocycles. The van der Waals surface area contributed by atoms with Crippen molar-refractivity contribution in [3.63, 3.8) is 0 Å².